The monoisotopic (exact) mass is 278 g/mol. The van der Waals surface area contributed by atoms with Crippen LogP contribution in [-0.2, 0) is 6.42 Å². The fourth-order valence-corrected chi connectivity index (χ4v) is 3.05. The number of halogens is 1. The van der Waals surface area contributed by atoms with Gasteiger partial charge >= 0.3 is 0 Å². The number of rotatable bonds is 6. The van der Waals surface area contributed by atoms with Crippen LogP contribution in [0.5, 0.6) is 0 Å². The molecule has 0 aliphatic carbocycles. The van der Waals surface area contributed by atoms with Crippen LogP contribution >= 0.6 is 0 Å². The largest absolute Gasteiger partial charge is 0.314 e. The summed E-state index contributed by atoms with van der Waals surface area (Å²) in [6, 6.07) is 7.64. The van der Waals surface area contributed by atoms with Crippen molar-refractivity contribution in [2.45, 2.75) is 39.2 Å². The second kappa shape index (κ2) is 7.75. The first-order valence-corrected chi connectivity index (χ1v) is 7.89. The van der Waals surface area contributed by atoms with E-state index in [9.17, 15) is 4.39 Å². The van der Waals surface area contributed by atoms with Gasteiger partial charge in [-0.25, -0.2) is 4.39 Å². The maximum Gasteiger partial charge on any atom is 0.123 e. The molecule has 0 aromatic heterocycles. The Morgan fingerprint density at radius 1 is 1.40 bits per heavy atom. The molecule has 1 heterocycles. The Balaban J connectivity index is 1.75. The zero-order chi connectivity index (χ0) is 14.4. The van der Waals surface area contributed by atoms with E-state index in [0.717, 1.165) is 38.2 Å². The quantitative estimate of drug-likeness (QED) is 0.860. The molecule has 1 fully saturated rings. The van der Waals surface area contributed by atoms with Crippen molar-refractivity contribution in [3.63, 3.8) is 0 Å². The highest BCUT2D eigenvalue weighted by Crippen LogP contribution is 2.17. The topological polar surface area (TPSA) is 15.3 Å². The third kappa shape index (κ3) is 4.57. The van der Waals surface area contributed by atoms with Crippen LogP contribution in [-0.4, -0.2) is 37.1 Å². The molecule has 1 saturated heterocycles. The number of hydrogen-bond acceptors (Lipinski definition) is 2. The van der Waals surface area contributed by atoms with Crippen LogP contribution in [0.3, 0.4) is 0 Å². The standard InChI is InChI=1S/C17H27FN2/c1-3-9-19-17-8-11-20(13-14(17)2)10-7-15-5-4-6-16(18)12-15/h4-6,12,14,17,19H,3,7-11,13H2,1-2H3. The molecule has 1 aliphatic rings. The maximum atomic E-state index is 13.1. The van der Waals surface area contributed by atoms with E-state index in [1.165, 1.54) is 18.9 Å². The van der Waals surface area contributed by atoms with Crippen molar-refractivity contribution < 1.29 is 4.39 Å². The molecule has 112 valence electrons. The number of likely N-dealkylation sites (tertiary alicyclic amines) is 1. The minimum absolute atomic E-state index is 0.127. The summed E-state index contributed by atoms with van der Waals surface area (Å²) in [4.78, 5) is 2.51. The molecule has 3 heteroatoms. The Morgan fingerprint density at radius 3 is 2.95 bits per heavy atom. The zero-order valence-electron chi connectivity index (χ0n) is 12.7. The summed E-state index contributed by atoms with van der Waals surface area (Å²) in [5, 5.41) is 3.65. The summed E-state index contributed by atoms with van der Waals surface area (Å²) in [5.41, 5.74) is 1.10. The molecule has 1 aromatic carbocycles. The Bertz CT molecular complexity index is 408. The van der Waals surface area contributed by atoms with E-state index in [1.54, 1.807) is 12.1 Å². The fourth-order valence-electron chi connectivity index (χ4n) is 3.05. The lowest BCUT2D eigenvalue weighted by Gasteiger charge is -2.37. The van der Waals surface area contributed by atoms with Crippen LogP contribution in [0.15, 0.2) is 24.3 Å². The van der Waals surface area contributed by atoms with Crippen molar-refractivity contribution in [2.75, 3.05) is 26.2 Å². The average Bonchev–Trinajstić information content (AvgIpc) is 2.44. The molecule has 0 spiro atoms. The first kappa shape index (κ1) is 15.5. The van der Waals surface area contributed by atoms with Crippen LogP contribution in [0.25, 0.3) is 0 Å². The van der Waals surface area contributed by atoms with Crippen LogP contribution in [0, 0.1) is 11.7 Å². The van der Waals surface area contributed by atoms with Gasteiger partial charge in [-0.1, -0.05) is 26.0 Å². The van der Waals surface area contributed by atoms with E-state index in [0.29, 0.717) is 12.0 Å². The van der Waals surface area contributed by atoms with E-state index < -0.39 is 0 Å². The lowest BCUT2D eigenvalue weighted by atomic mass is 9.93. The molecule has 0 bridgehead atoms. The predicted molar refractivity (Wildman–Crippen MR) is 82.4 cm³/mol. The molecule has 2 unspecified atom stereocenters. The van der Waals surface area contributed by atoms with E-state index >= 15 is 0 Å². The molecule has 2 atom stereocenters. The zero-order valence-corrected chi connectivity index (χ0v) is 12.7. The van der Waals surface area contributed by atoms with E-state index in [-0.39, 0.29) is 5.82 Å². The van der Waals surface area contributed by atoms with Crippen molar-refractivity contribution in [3.8, 4) is 0 Å². The number of hydrogen-bond donors (Lipinski definition) is 1. The Hall–Kier alpha value is -0.930. The summed E-state index contributed by atoms with van der Waals surface area (Å²) < 4.78 is 13.1. The third-order valence-corrected chi connectivity index (χ3v) is 4.25. The smallest absolute Gasteiger partial charge is 0.123 e. The SMILES string of the molecule is CCCNC1CCN(CCc2cccc(F)c2)CC1C. The lowest BCUT2D eigenvalue weighted by Crippen LogP contribution is -2.48. The summed E-state index contributed by atoms with van der Waals surface area (Å²) in [5.74, 6) is 0.571. The first-order chi connectivity index (χ1) is 9.69. The van der Waals surface area contributed by atoms with Gasteiger partial charge in [-0.3, -0.25) is 0 Å². The van der Waals surface area contributed by atoms with Gasteiger partial charge in [-0.05, 0) is 56.0 Å². The van der Waals surface area contributed by atoms with Gasteiger partial charge in [-0.15, -0.1) is 0 Å². The molecule has 0 amide bonds. The maximum absolute atomic E-state index is 13.1. The van der Waals surface area contributed by atoms with Gasteiger partial charge in [0.05, 0.1) is 0 Å². The molecule has 1 aliphatic heterocycles. The Kier molecular flexibility index (Phi) is 5.99. The minimum Gasteiger partial charge on any atom is -0.314 e. The van der Waals surface area contributed by atoms with Crippen molar-refractivity contribution in [1.82, 2.24) is 10.2 Å². The minimum atomic E-state index is -0.127. The molecular formula is C17H27FN2. The molecule has 20 heavy (non-hydrogen) atoms. The lowest BCUT2D eigenvalue weighted by molar-refractivity contribution is 0.149. The fraction of sp³-hybridized carbons (Fsp3) is 0.647. The third-order valence-electron chi connectivity index (χ3n) is 4.25. The summed E-state index contributed by atoms with van der Waals surface area (Å²) in [6.07, 6.45) is 3.37. The van der Waals surface area contributed by atoms with E-state index in [4.69, 9.17) is 0 Å². The van der Waals surface area contributed by atoms with E-state index in [2.05, 4.69) is 24.1 Å². The van der Waals surface area contributed by atoms with Gasteiger partial charge in [-0.2, -0.15) is 0 Å². The summed E-state index contributed by atoms with van der Waals surface area (Å²) in [7, 11) is 0. The molecule has 1 N–H and O–H groups in total. The predicted octanol–water partition coefficient (Wildman–Crippen LogP) is 3.08. The van der Waals surface area contributed by atoms with Crippen LogP contribution in [0.2, 0.25) is 0 Å². The number of piperidine rings is 1. The summed E-state index contributed by atoms with van der Waals surface area (Å²) in [6.45, 7) is 9.01. The Morgan fingerprint density at radius 2 is 2.25 bits per heavy atom. The molecular weight excluding hydrogens is 251 g/mol. The van der Waals surface area contributed by atoms with Gasteiger partial charge in [0.15, 0.2) is 0 Å². The van der Waals surface area contributed by atoms with E-state index in [1.807, 2.05) is 6.07 Å². The van der Waals surface area contributed by atoms with Gasteiger partial charge in [0.2, 0.25) is 0 Å². The molecule has 0 radical (unpaired) electrons. The number of nitrogens with zero attached hydrogens (tertiary/aromatic N) is 1. The van der Waals surface area contributed by atoms with Crippen molar-refractivity contribution in [2.24, 2.45) is 5.92 Å². The average molecular weight is 278 g/mol. The van der Waals surface area contributed by atoms with Gasteiger partial charge < -0.3 is 10.2 Å². The normalized spacial score (nSPS) is 23.9. The molecule has 0 saturated carbocycles. The van der Waals surface area contributed by atoms with Crippen LogP contribution in [0.4, 0.5) is 4.39 Å². The van der Waals surface area contributed by atoms with Gasteiger partial charge in [0, 0.05) is 19.1 Å². The van der Waals surface area contributed by atoms with Gasteiger partial charge in [0.1, 0.15) is 5.82 Å². The molecule has 2 nitrogen and oxygen atoms in total. The van der Waals surface area contributed by atoms with Crippen LogP contribution < -0.4 is 5.32 Å². The van der Waals surface area contributed by atoms with Crippen molar-refractivity contribution in [3.05, 3.63) is 35.6 Å². The van der Waals surface area contributed by atoms with Crippen molar-refractivity contribution >= 4 is 0 Å². The molecule has 1 aromatic rings. The van der Waals surface area contributed by atoms with Crippen molar-refractivity contribution in [1.29, 1.82) is 0 Å². The molecule has 2 rings (SSSR count). The highest BCUT2D eigenvalue weighted by atomic mass is 19.1. The van der Waals surface area contributed by atoms with Crippen LogP contribution in [0.1, 0.15) is 32.3 Å². The highest BCUT2D eigenvalue weighted by Gasteiger charge is 2.24. The van der Waals surface area contributed by atoms with Gasteiger partial charge in [0.25, 0.3) is 0 Å². The summed E-state index contributed by atoms with van der Waals surface area (Å²) >= 11 is 0. The second-order valence-corrected chi connectivity index (χ2v) is 6.01. The highest BCUT2D eigenvalue weighted by molar-refractivity contribution is 5.16. The number of nitrogens with one attached hydrogen (secondary N) is 1. The Labute approximate surface area is 122 Å². The second-order valence-electron chi connectivity index (χ2n) is 6.01. The first-order valence-electron chi connectivity index (χ1n) is 7.89. The number of benzene rings is 1.